The van der Waals surface area contributed by atoms with Gasteiger partial charge < -0.3 is 15.0 Å². The zero-order chi connectivity index (χ0) is 21.0. The van der Waals surface area contributed by atoms with Gasteiger partial charge in [-0.2, -0.15) is 5.26 Å². The van der Waals surface area contributed by atoms with Crippen molar-refractivity contribution in [3.05, 3.63) is 35.2 Å². The molecule has 8 heteroatoms. The van der Waals surface area contributed by atoms with Gasteiger partial charge in [-0.1, -0.05) is 12.5 Å². The molecule has 1 N–H and O–H groups in total. The van der Waals surface area contributed by atoms with Crippen LogP contribution in [0.1, 0.15) is 33.1 Å². The number of ether oxygens (including phenoxy) is 1. The van der Waals surface area contributed by atoms with Gasteiger partial charge in [0.1, 0.15) is 11.9 Å². The standard InChI is InChI=1S/C21H25FN4O3/c1-3-15(11-23)16-6-8-25(9-7-16)20-5-4-17(10-19(20)22)26-13-18(29-21(26)28)12-24-14(2)27/h4-5,10,18H,3,6-9,12-13H2,1-2H3,(H,24,27)/t18-/m0/s1. The average Bonchev–Trinajstić information content (AvgIpc) is 3.08. The Bertz CT molecular complexity index is 867. The van der Waals surface area contributed by atoms with Crippen molar-refractivity contribution < 1.29 is 18.7 Å². The Balaban J connectivity index is 1.67. The van der Waals surface area contributed by atoms with Gasteiger partial charge in [-0.3, -0.25) is 9.69 Å². The number of piperidine rings is 1. The average molecular weight is 400 g/mol. The zero-order valence-corrected chi connectivity index (χ0v) is 16.7. The number of nitrogens with one attached hydrogen (secondary N) is 1. The van der Waals surface area contributed by atoms with Gasteiger partial charge in [0.05, 0.1) is 30.5 Å². The number of nitriles is 1. The van der Waals surface area contributed by atoms with Gasteiger partial charge in [0.15, 0.2) is 0 Å². The first-order valence-electron chi connectivity index (χ1n) is 9.81. The summed E-state index contributed by atoms with van der Waals surface area (Å²) in [5, 5.41) is 11.8. The molecule has 29 heavy (non-hydrogen) atoms. The maximum absolute atomic E-state index is 14.8. The Morgan fingerprint density at radius 2 is 2.10 bits per heavy atom. The Labute approximate surface area is 169 Å². The van der Waals surface area contributed by atoms with Crippen molar-refractivity contribution in [2.45, 2.75) is 39.2 Å². The van der Waals surface area contributed by atoms with Gasteiger partial charge in [-0.05, 0) is 37.5 Å². The van der Waals surface area contributed by atoms with E-state index in [1.54, 1.807) is 12.1 Å². The molecule has 2 heterocycles. The Hall–Kier alpha value is -3.08. The van der Waals surface area contributed by atoms with E-state index >= 15 is 0 Å². The van der Waals surface area contributed by atoms with Crippen molar-refractivity contribution in [2.75, 3.05) is 36.0 Å². The smallest absolute Gasteiger partial charge is 0.414 e. The van der Waals surface area contributed by atoms with E-state index in [0.29, 0.717) is 24.5 Å². The van der Waals surface area contributed by atoms with Crippen LogP contribution >= 0.6 is 0 Å². The Kier molecular flexibility index (Phi) is 6.37. The highest BCUT2D eigenvalue weighted by Crippen LogP contribution is 2.31. The van der Waals surface area contributed by atoms with Gasteiger partial charge in [0.25, 0.3) is 0 Å². The van der Waals surface area contributed by atoms with E-state index in [2.05, 4.69) is 11.4 Å². The van der Waals surface area contributed by atoms with Crippen molar-refractivity contribution in [3.8, 4) is 6.07 Å². The summed E-state index contributed by atoms with van der Waals surface area (Å²) >= 11 is 0. The Morgan fingerprint density at radius 3 is 2.69 bits per heavy atom. The second-order valence-corrected chi connectivity index (χ2v) is 7.22. The number of carbonyl (C=O) groups is 2. The molecule has 0 radical (unpaired) electrons. The van der Waals surface area contributed by atoms with Crippen LogP contribution < -0.4 is 15.1 Å². The Morgan fingerprint density at radius 1 is 1.38 bits per heavy atom. The molecule has 2 saturated heterocycles. The molecule has 0 spiro atoms. The molecule has 0 aliphatic carbocycles. The monoisotopic (exact) mass is 400 g/mol. The maximum atomic E-state index is 14.8. The predicted octanol–water partition coefficient (Wildman–Crippen LogP) is 3.12. The van der Waals surface area contributed by atoms with Crippen LogP contribution in [-0.4, -0.2) is 44.3 Å². The van der Waals surface area contributed by atoms with Crippen molar-refractivity contribution in [2.24, 2.45) is 0 Å². The summed E-state index contributed by atoms with van der Waals surface area (Å²) in [6.07, 6.45) is 1.21. The van der Waals surface area contributed by atoms with Crippen molar-refractivity contribution in [1.82, 2.24) is 5.32 Å². The zero-order valence-electron chi connectivity index (χ0n) is 16.7. The molecule has 0 unspecified atom stereocenters. The first-order valence-corrected chi connectivity index (χ1v) is 9.81. The van der Waals surface area contributed by atoms with Crippen LogP contribution in [0.5, 0.6) is 0 Å². The van der Waals surface area contributed by atoms with Gasteiger partial charge in [-0.25, -0.2) is 9.18 Å². The van der Waals surface area contributed by atoms with E-state index in [9.17, 15) is 19.2 Å². The summed E-state index contributed by atoms with van der Waals surface area (Å²) in [6, 6.07) is 6.99. The van der Waals surface area contributed by atoms with Crippen LogP contribution in [0, 0.1) is 17.1 Å². The summed E-state index contributed by atoms with van der Waals surface area (Å²) in [5.41, 5.74) is 2.91. The van der Waals surface area contributed by atoms with Crippen molar-refractivity contribution in [1.29, 1.82) is 5.26 Å². The molecule has 0 aromatic heterocycles. The normalized spacial score (nSPS) is 19.0. The van der Waals surface area contributed by atoms with Crippen LogP contribution in [0.25, 0.3) is 0 Å². The molecule has 7 nitrogen and oxygen atoms in total. The molecule has 0 saturated carbocycles. The highest BCUT2D eigenvalue weighted by molar-refractivity contribution is 5.90. The van der Waals surface area contributed by atoms with Crippen LogP contribution in [0.2, 0.25) is 0 Å². The van der Waals surface area contributed by atoms with Crippen LogP contribution in [0.3, 0.4) is 0 Å². The first kappa shape index (κ1) is 20.6. The second kappa shape index (κ2) is 8.95. The third-order valence-electron chi connectivity index (χ3n) is 5.32. The number of allylic oxidation sites excluding steroid dienone is 1. The molecule has 0 bridgehead atoms. The first-order chi connectivity index (χ1) is 13.9. The lowest BCUT2D eigenvalue weighted by atomic mass is 9.96. The number of anilines is 2. The van der Waals surface area contributed by atoms with Crippen LogP contribution in [-0.2, 0) is 9.53 Å². The number of amides is 2. The molecular formula is C21H25FN4O3. The lowest BCUT2D eigenvalue weighted by molar-refractivity contribution is -0.119. The SMILES string of the molecule is CCC(C#N)=C1CCN(c2ccc(N3C[C@H](CNC(C)=O)OC3=O)cc2F)CC1. The molecule has 1 atom stereocenters. The molecule has 3 rings (SSSR count). The third kappa shape index (κ3) is 4.67. The fourth-order valence-corrected chi connectivity index (χ4v) is 3.74. The highest BCUT2D eigenvalue weighted by Gasteiger charge is 2.33. The van der Waals surface area contributed by atoms with E-state index in [1.165, 1.54) is 17.9 Å². The molecular weight excluding hydrogens is 375 g/mol. The molecule has 154 valence electrons. The molecule has 1 aromatic rings. The quantitative estimate of drug-likeness (QED) is 0.768. The molecule has 2 aliphatic heterocycles. The van der Waals surface area contributed by atoms with Crippen molar-refractivity contribution in [3.63, 3.8) is 0 Å². The summed E-state index contributed by atoms with van der Waals surface area (Å²) in [4.78, 5) is 26.5. The van der Waals surface area contributed by atoms with Gasteiger partial charge in [0, 0.05) is 25.6 Å². The van der Waals surface area contributed by atoms with E-state index in [0.717, 1.165) is 30.4 Å². The lowest BCUT2D eigenvalue weighted by Crippen LogP contribution is -2.33. The summed E-state index contributed by atoms with van der Waals surface area (Å²) < 4.78 is 20.0. The number of nitrogens with zero attached hydrogens (tertiary/aromatic N) is 3. The van der Waals surface area contributed by atoms with Gasteiger partial charge in [0.2, 0.25) is 5.91 Å². The largest absolute Gasteiger partial charge is 0.442 e. The number of benzene rings is 1. The van der Waals surface area contributed by atoms with Crippen LogP contribution in [0.4, 0.5) is 20.6 Å². The third-order valence-corrected chi connectivity index (χ3v) is 5.32. The summed E-state index contributed by atoms with van der Waals surface area (Å²) in [5.74, 6) is -0.598. The number of cyclic esters (lactones) is 1. The van der Waals surface area contributed by atoms with E-state index < -0.39 is 18.0 Å². The number of carbonyl (C=O) groups excluding carboxylic acids is 2. The molecule has 1 aromatic carbocycles. The van der Waals surface area contributed by atoms with E-state index in [4.69, 9.17) is 4.74 Å². The molecule has 2 amide bonds. The van der Waals surface area contributed by atoms with E-state index in [-0.39, 0.29) is 19.0 Å². The molecule has 2 aliphatic rings. The minimum Gasteiger partial charge on any atom is -0.442 e. The highest BCUT2D eigenvalue weighted by atomic mass is 19.1. The fourth-order valence-electron chi connectivity index (χ4n) is 3.74. The number of hydrogen-bond acceptors (Lipinski definition) is 5. The number of halogens is 1. The fraction of sp³-hybridized carbons (Fsp3) is 0.476. The lowest BCUT2D eigenvalue weighted by Gasteiger charge is -2.31. The van der Waals surface area contributed by atoms with Crippen molar-refractivity contribution >= 4 is 23.4 Å². The summed E-state index contributed by atoms with van der Waals surface area (Å²) in [6.45, 7) is 5.16. The van der Waals surface area contributed by atoms with E-state index in [1.807, 2.05) is 11.8 Å². The number of hydrogen-bond donors (Lipinski definition) is 1. The number of rotatable bonds is 5. The topological polar surface area (TPSA) is 85.7 Å². The summed E-state index contributed by atoms with van der Waals surface area (Å²) in [7, 11) is 0. The predicted molar refractivity (Wildman–Crippen MR) is 107 cm³/mol. The molecule has 2 fully saturated rings. The van der Waals surface area contributed by atoms with Gasteiger partial charge >= 0.3 is 6.09 Å². The van der Waals surface area contributed by atoms with Crippen LogP contribution in [0.15, 0.2) is 29.3 Å². The minimum atomic E-state index is -0.552. The van der Waals surface area contributed by atoms with Gasteiger partial charge in [-0.15, -0.1) is 0 Å². The maximum Gasteiger partial charge on any atom is 0.414 e. The minimum absolute atomic E-state index is 0.199. The second-order valence-electron chi connectivity index (χ2n) is 7.22.